The van der Waals surface area contributed by atoms with E-state index in [9.17, 15) is 14.4 Å². The van der Waals surface area contributed by atoms with E-state index in [-0.39, 0.29) is 5.56 Å². The van der Waals surface area contributed by atoms with E-state index in [1.807, 2.05) is 0 Å². The molecule has 0 saturated carbocycles. The Hall–Kier alpha value is -3.12. The molecular formula is C19H15ClN2O4. The van der Waals surface area contributed by atoms with Crippen molar-refractivity contribution in [1.29, 1.82) is 0 Å². The molecule has 1 atom stereocenters. The monoisotopic (exact) mass is 370 g/mol. The quantitative estimate of drug-likeness (QED) is 0.689. The summed E-state index contributed by atoms with van der Waals surface area (Å²) in [5, 5.41) is 3.72. The summed E-state index contributed by atoms with van der Waals surface area (Å²) in [7, 11) is 0. The van der Waals surface area contributed by atoms with Gasteiger partial charge in [0.05, 0.1) is 5.56 Å². The second kappa shape index (κ2) is 7.41. The van der Waals surface area contributed by atoms with Crippen molar-refractivity contribution in [3.8, 4) is 0 Å². The fourth-order valence-corrected chi connectivity index (χ4v) is 2.55. The molecule has 6 nitrogen and oxygen atoms in total. The molecule has 1 amide bonds. The van der Waals surface area contributed by atoms with Gasteiger partial charge in [-0.3, -0.25) is 9.59 Å². The zero-order valence-corrected chi connectivity index (χ0v) is 14.5. The molecule has 0 bridgehead atoms. The summed E-state index contributed by atoms with van der Waals surface area (Å²) >= 11 is 5.80. The van der Waals surface area contributed by atoms with Gasteiger partial charge in [-0.25, -0.2) is 4.79 Å². The Balaban J connectivity index is 1.76. The van der Waals surface area contributed by atoms with E-state index in [2.05, 4.69) is 10.3 Å². The maximum Gasteiger partial charge on any atom is 0.339 e. The van der Waals surface area contributed by atoms with Gasteiger partial charge in [0.15, 0.2) is 6.10 Å². The molecule has 0 aliphatic carbocycles. The number of halogens is 1. The first-order chi connectivity index (χ1) is 12.4. The second-order valence-electron chi connectivity index (χ2n) is 5.64. The number of H-pyrrole nitrogens is 1. The maximum absolute atomic E-state index is 12.5. The van der Waals surface area contributed by atoms with E-state index in [0.717, 1.165) is 6.07 Å². The number of pyridine rings is 1. The zero-order chi connectivity index (χ0) is 18.7. The van der Waals surface area contributed by atoms with Crippen LogP contribution in [0.3, 0.4) is 0 Å². The van der Waals surface area contributed by atoms with Crippen molar-refractivity contribution in [2.45, 2.75) is 13.0 Å². The fourth-order valence-electron chi connectivity index (χ4n) is 2.43. The molecule has 3 aromatic rings. The number of esters is 1. The maximum atomic E-state index is 12.5. The van der Waals surface area contributed by atoms with Crippen LogP contribution in [0.15, 0.2) is 59.4 Å². The number of aromatic nitrogens is 1. The van der Waals surface area contributed by atoms with E-state index in [0.29, 0.717) is 21.6 Å². The Morgan fingerprint density at radius 2 is 1.81 bits per heavy atom. The third-order valence-corrected chi connectivity index (χ3v) is 3.99. The molecule has 0 fully saturated rings. The lowest BCUT2D eigenvalue weighted by atomic mass is 10.1. The van der Waals surface area contributed by atoms with Gasteiger partial charge in [0.1, 0.15) is 0 Å². The Bertz CT molecular complexity index is 1030. The summed E-state index contributed by atoms with van der Waals surface area (Å²) < 4.78 is 5.23. The number of carbonyl (C=O) groups excluding carboxylic acids is 2. The van der Waals surface area contributed by atoms with Gasteiger partial charge in [0.2, 0.25) is 5.56 Å². The Kier molecular flexibility index (Phi) is 5.04. The van der Waals surface area contributed by atoms with Gasteiger partial charge in [0, 0.05) is 27.7 Å². The molecule has 7 heteroatoms. The van der Waals surface area contributed by atoms with Crippen LogP contribution in [0, 0.1) is 0 Å². The molecule has 26 heavy (non-hydrogen) atoms. The van der Waals surface area contributed by atoms with Crippen molar-refractivity contribution in [2.75, 3.05) is 5.32 Å². The molecule has 0 spiro atoms. The first kappa shape index (κ1) is 17.7. The number of hydrogen-bond acceptors (Lipinski definition) is 4. The molecule has 0 saturated heterocycles. The van der Waals surface area contributed by atoms with E-state index >= 15 is 0 Å². The summed E-state index contributed by atoms with van der Waals surface area (Å²) in [6.45, 7) is 1.46. The molecule has 132 valence electrons. The lowest BCUT2D eigenvalue weighted by Crippen LogP contribution is -2.30. The minimum absolute atomic E-state index is 0.107. The van der Waals surface area contributed by atoms with Crippen molar-refractivity contribution in [3.05, 3.63) is 75.5 Å². The summed E-state index contributed by atoms with van der Waals surface area (Å²) in [4.78, 5) is 39.0. The van der Waals surface area contributed by atoms with Gasteiger partial charge in [-0.05, 0) is 37.3 Å². The average molecular weight is 371 g/mol. The van der Waals surface area contributed by atoms with Crippen LogP contribution in [-0.4, -0.2) is 23.0 Å². The van der Waals surface area contributed by atoms with Crippen molar-refractivity contribution in [1.82, 2.24) is 4.98 Å². The van der Waals surface area contributed by atoms with Gasteiger partial charge < -0.3 is 15.0 Å². The number of amides is 1. The van der Waals surface area contributed by atoms with E-state index in [1.165, 1.54) is 6.92 Å². The molecule has 1 unspecified atom stereocenters. The Morgan fingerprint density at radius 3 is 2.54 bits per heavy atom. The van der Waals surface area contributed by atoms with E-state index in [4.69, 9.17) is 16.3 Å². The number of ether oxygens (including phenoxy) is 1. The minimum atomic E-state index is -1.05. The predicted molar refractivity (Wildman–Crippen MR) is 99.5 cm³/mol. The Morgan fingerprint density at radius 1 is 1.12 bits per heavy atom. The number of benzene rings is 2. The topological polar surface area (TPSA) is 88.3 Å². The number of rotatable bonds is 4. The molecule has 0 aliphatic rings. The van der Waals surface area contributed by atoms with Crippen LogP contribution in [0.25, 0.3) is 10.9 Å². The molecule has 2 N–H and O–H groups in total. The van der Waals surface area contributed by atoms with Crippen LogP contribution in [-0.2, 0) is 9.53 Å². The van der Waals surface area contributed by atoms with Crippen molar-refractivity contribution in [3.63, 3.8) is 0 Å². The molecule has 1 heterocycles. The van der Waals surface area contributed by atoms with Crippen molar-refractivity contribution in [2.24, 2.45) is 0 Å². The van der Waals surface area contributed by atoms with Gasteiger partial charge >= 0.3 is 5.97 Å². The highest BCUT2D eigenvalue weighted by Crippen LogP contribution is 2.17. The highest BCUT2D eigenvalue weighted by Gasteiger charge is 2.21. The summed E-state index contributed by atoms with van der Waals surface area (Å²) in [6, 6.07) is 14.6. The van der Waals surface area contributed by atoms with E-state index in [1.54, 1.807) is 48.5 Å². The highest BCUT2D eigenvalue weighted by molar-refractivity contribution is 6.30. The summed E-state index contributed by atoms with van der Waals surface area (Å²) in [5.74, 6) is -1.24. The first-order valence-electron chi connectivity index (χ1n) is 7.83. The van der Waals surface area contributed by atoms with Crippen LogP contribution in [0.1, 0.15) is 17.3 Å². The fraction of sp³-hybridized carbons (Fsp3) is 0.105. The zero-order valence-electron chi connectivity index (χ0n) is 13.8. The van der Waals surface area contributed by atoms with Gasteiger partial charge in [-0.1, -0.05) is 29.8 Å². The normalized spacial score (nSPS) is 11.8. The van der Waals surface area contributed by atoms with Gasteiger partial charge in [-0.15, -0.1) is 0 Å². The molecule has 1 aromatic heterocycles. The third kappa shape index (κ3) is 3.92. The summed E-state index contributed by atoms with van der Waals surface area (Å²) in [6.07, 6.45) is -1.05. The smallest absolute Gasteiger partial charge is 0.339 e. The van der Waals surface area contributed by atoms with Crippen LogP contribution >= 0.6 is 11.6 Å². The number of nitrogens with one attached hydrogen (secondary N) is 2. The molecule has 3 rings (SSSR count). The van der Waals surface area contributed by atoms with Crippen LogP contribution in [0.5, 0.6) is 0 Å². The molecule has 0 radical (unpaired) electrons. The number of carbonyl (C=O) groups is 2. The van der Waals surface area contributed by atoms with Crippen molar-refractivity contribution < 1.29 is 14.3 Å². The SMILES string of the molecule is CC(OC(=O)c1cc(=O)[nH]c2ccccc12)C(=O)Nc1ccc(Cl)cc1. The number of fused-ring (bicyclic) bond motifs is 1. The van der Waals surface area contributed by atoms with Gasteiger partial charge in [-0.2, -0.15) is 0 Å². The Labute approximate surface area is 153 Å². The van der Waals surface area contributed by atoms with Crippen LogP contribution in [0.4, 0.5) is 5.69 Å². The first-order valence-corrected chi connectivity index (χ1v) is 8.21. The average Bonchev–Trinajstić information content (AvgIpc) is 2.62. The highest BCUT2D eigenvalue weighted by atomic mass is 35.5. The van der Waals surface area contributed by atoms with Crippen LogP contribution in [0.2, 0.25) is 5.02 Å². The largest absolute Gasteiger partial charge is 0.449 e. The molecular weight excluding hydrogens is 356 g/mol. The second-order valence-corrected chi connectivity index (χ2v) is 6.07. The predicted octanol–water partition coefficient (Wildman–Crippen LogP) is 3.37. The van der Waals surface area contributed by atoms with E-state index < -0.39 is 23.5 Å². The van der Waals surface area contributed by atoms with Crippen molar-refractivity contribution >= 4 is 40.1 Å². The number of hydrogen-bond donors (Lipinski definition) is 2. The minimum Gasteiger partial charge on any atom is -0.449 e. The lowest BCUT2D eigenvalue weighted by molar-refractivity contribution is -0.123. The molecule has 0 aliphatic heterocycles. The van der Waals surface area contributed by atoms with Crippen LogP contribution < -0.4 is 10.9 Å². The third-order valence-electron chi connectivity index (χ3n) is 3.74. The number of aromatic amines is 1. The lowest BCUT2D eigenvalue weighted by Gasteiger charge is -2.14. The number of anilines is 1. The standard InChI is InChI=1S/C19H15ClN2O4/c1-11(18(24)21-13-8-6-12(20)7-9-13)26-19(25)15-10-17(23)22-16-5-3-2-4-14(15)16/h2-11H,1H3,(H,21,24)(H,22,23). The van der Waals surface area contributed by atoms with Gasteiger partial charge in [0.25, 0.3) is 5.91 Å². The molecule has 2 aromatic carbocycles. The number of para-hydroxylation sites is 1. The summed E-state index contributed by atoms with van der Waals surface area (Å²) in [5.41, 5.74) is 0.735.